The van der Waals surface area contributed by atoms with Crippen molar-refractivity contribution in [1.82, 2.24) is 15.5 Å². The van der Waals surface area contributed by atoms with Gasteiger partial charge in [-0.15, -0.1) is 0 Å². The minimum absolute atomic E-state index is 0.379. The lowest BCUT2D eigenvalue weighted by molar-refractivity contribution is 0.492. The van der Waals surface area contributed by atoms with Crippen LogP contribution in [0, 0.1) is 5.92 Å². The van der Waals surface area contributed by atoms with Crippen molar-refractivity contribution in [2.75, 3.05) is 6.54 Å². The lowest BCUT2D eigenvalue weighted by Gasteiger charge is -2.12. The number of hydrogen-bond acceptors (Lipinski definition) is 2. The molecule has 0 aliphatic heterocycles. The zero-order valence-electron chi connectivity index (χ0n) is 9.38. The number of rotatable bonds is 6. The first-order valence-electron chi connectivity index (χ1n) is 5.43. The fourth-order valence-corrected chi connectivity index (χ4v) is 1.45. The van der Waals surface area contributed by atoms with Gasteiger partial charge in [-0.3, -0.25) is 5.10 Å². The van der Waals surface area contributed by atoms with Crippen LogP contribution in [0.2, 0.25) is 0 Å². The van der Waals surface area contributed by atoms with Gasteiger partial charge in [-0.05, 0) is 38.3 Å². The highest BCUT2D eigenvalue weighted by atomic mass is 15.1. The fraction of sp³-hybridized carbons (Fsp3) is 0.727. The van der Waals surface area contributed by atoms with Gasteiger partial charge in [0.15, 0.2) is 0 Å². The molecule has 80 valence electrons. The molecular formula is C11H21N3. The molecule has 0 aliphatic carbocycles. The highest BCUT2D eigenvalue weighted by Gasteiger charge is 2.04. The Morgan fingerprint density at radius 3 is 2.79 bits per heavy atom. The number of nitrogens with one attached hydrogen (secondary N) is 2. The summed E-state index contributed by atoms with van der Waals surface area (Å²) in [4.78, 5) is 0. The van der Waals surface area contributed by atoms with Crippen molar-refractivity contribution in [3.8, 4) is 0 Å². The first kappa shape index (κ1) is 11.2. The third-order valence-electron chi connectivity index (χ3n) is 2.40. The average Bonchev–Trinajstić information content (AvgIpc) is 2.64. The third-order valence-corrected chi connectivity index (χ3v) is 2.40. The van der Waals surface area contributed by atoms with Crippen LogP contribution in [0.4, 0.5) is 0 Å². The summed E-state index contributed by atoms with van der Waals surface area (Å²) in [5, 5.41) is 10.4. The van der Waals surface area contributed by atoms with Crippen molar-refractivity contribution in [2.24, 2.45) is 5.92 Å². The number of H-pyrrole nitrogens is 1. The van der Waals surface area contributed by atoms with Crippen LogP contribution in [0.25, 0.3) is 0 Å². The van der Waals surface area contributed by atoms with Gasteiger partial charge in [-0.1, -0.05) is 13.8 Å². The van der Waals surface area contributed by atoms with E-state index in [9.17, 15) is 0 Å². The van der Waals surface area contributed by atoms with E-state index in [0.717, 1.165) is 18.2 Å². The first-order chi connectivity index (χ1) is 6.70. The first-order valence-corrected chi connectivity index (χ1v) is 5.43. The van der Waals surface area contributed by atoms with Gasteiger partial charge >= 0.3 is 0 Å². The Labute approximate surface area is 86.3 Å². The molecule has 0 bridgehead atoms. The molecule has 14 heavy (non-hydrogen) atoms. The van der Waals surface area contributed by atoms with Gasteiger partial charge in [-0.25, -0.2) is 0 Å². The zero-order valence-corrected chi connectivity index (χ0v) is 9.38. The highest BCUT2D eigenvalue weighted by Crippen LogP contribution is 2.08. The Kier molecular flexibility index (Phi) is 4.66. The largest absolute Gasteiger partial charge is 0.309 e. The van der Waals surface area contributed by atoms with Crippen molar-refractivity contribution in [1.29, 1.82) is 0 Å². The highest BCUT2D eigenvalue weighted by molar-refractivity contribution is 5.02. The maximum Gasteiger partial charge on any atom is 0.0518 e. The maximum atomic E-state index is 3.93. The predicted molar refractivity (Wildman–Crippen MR) is 59.1 cm³/mol. The minimum atomic E-state index is 0.379. The summed E-state index contributed by atoms with van der Waals surface area (Å²) in [5.74, 6) is 0.805. The Morgan fingerprint density at radius 1 is 1.43 bits per heavy atom. The lowest BCUT2D eigenvalue weighted by atomic mass is 10.1. The summed E-state index contributed by atoms with van der Waals surface area (Å²) in [6.45, 7) is 7.76. The monoisotopic (exact) mass is 195 g/mol. The van der Waals surface area contributed by atoms with Gasteiger partial charge in [-0.2, -0.15) is 5.10 Å². The number of aromatic nitrogens is 2. The lowest BCUT2D eigenvalue weighted by Crippen LogP contribution is -2.20. The Hall–Kier alpha value is -0.830. The van der Waals surface area contributed by atoms with Crippen LogP contribution >= 0.6 is 0 Å². The van der Waals surface area contributed by atoms with Crippen LogP contribution in [0.15, 0.2) is 12.3 Å². The smallest absolute Gasteiger partial charge is 0.0518 e. The van der Waals surface area contributed by atoms with Crippen LogP contribution in [-0.2, 0) is 0 Å². The molecule has 0 aliphatic rings. The summed E-state index contributed by atoms with van der Waals surface area (Å²) < 4.78 is 0. The summed E-state index contributed by atoms with van der Waals surface area (Å²) in [5.41, 5.74) is 1.16. The summed E-state index contributed by atoms with van der Waals surface area (Å²) in [7, 11) is 0. The van der Waals surface area contributed by atoms with Crippen LogP contribution < -0.4 is 5.32 Å². The standard InChI is InChI=1S/C11H21N3/c1-9(2)5-4-7-12-10(3)11-6-8-13-14-11/h6,8-10,12H,4-5,7H2,1-3H3,(H,13,14). The fourth-order valence-electron chi connectivity index (χ4n) is 1.45. The molecule has 3 heteroatoms. The van der Waals surface area contributed by atoms with E-state index < -0.39 is 0 Å². The quantitative estimate of drug-likeness (QED) is 0.685. The minimum Gasteiger partial charge on any atom is -0.309 e. The molecule has 3 nitrogen and oxygen atoms in total. The van der Waals surface area contributed by atoms with E-state index in [-0.39, 0.29) is 0 Å². The van der Waals surface area contributed by atoms with Crippen LogP contribution in [0.1, 0.15) is 45.3 Å². The Morgan fingerprint density at radius 2 is 2.21 bits per heavy atom. The molecule has 1 atom stereocenters. The normalized spacial score (nSPS) is 13.4. The third kappa shape index (κ3) is 3.92. The van der Waals surface area contributed by atoms with E-state index in [2.05, 4.69) is 36.3 Å². The van der Waals surface area contributed by atoms with Crippen molar-refractivity contribution in [3.63, 3.8) is 0 Å². The van der Waals surface area contributed by atoms with E-state index in [0.29, 0.717) is 6.04 Å². The predicted octanol–water partition coefficient (Wildman–Crippen LogP) is 2.50. The molecular weight excluding hydrogens is 174 g/mol. The van der Waals surface area contributed by atoms with E-state index in [4.69, 9.17) is 0 Å². The SMILES string of the molecule is CC(C)CCCNC(C)c1ccn[nH]1. The molecule has 1 rings (SSSR count). The van der Waals surface area contributed by atoms with Gasteiger partial charge in [0.25, 0.3) is 0 Å². The molecule has 0 spiro atoms. The molecule has 1 aromatic rings. The van der Waals surface area contributed by atoms with Crippen LogP contribution in [0.3, 0.4) is 0 Å². The molecule has 0 saturated heterocycles. The van der Waals surface area contributed by atoms with Crippen molar-refractivity contribution < 1.29 is 0 Å². The molecule has 0 saturated carbocycles. The van der Waals surface area contributed by atoms with E-state index in [1.54, 1.807) is 6.20 Å². The number of nitrogens with zero attached hydrogens (tertiary/aromatic N) is 1. The number of aromatic amines is 1. The van der Waals surface area contributed by atoms with Crippen molar-refractivity contribution in [3.05, 3.63) is 18.0 Å². The second-order valence-corrected chi connectivity index (χ2v) is 4.22. The molecule has 0 radical (unpaired) electrons. The van der Waals surface area contributed by atoms with Crippen molar-refractivity contribution in [2.45, 2.75) is 39.7 Å². The molecule has 2 N–H and O–H groups in total. The maximum absolute atomic E-state index is 3.93. The Balaban J connectivity index is 2.13. The molecule has 0 fully saturated rings. The average molecular weight is 195 g/mol. The molecule has 0 amide bonds. The van der Waals surface area contributed by atoms with Gasteiger partial charge in [0.2, 0.25) is 0 Å². The van der Waals surface area contributed by atoms with Crippen LogP contribution in [0.5, 0.6) is 0 Å². The van der Waals surface area contributed by atoms with E-state index >= 15 is 0 Å². The second kappa shape index (κ2) is 5.81. The molecule has 0 aromatic carbocycles. The summed E-state index contributed by atoms with van der Waals surface area (Å²) in [6, 6.07) is 2.39. The van der Waals surface area contributed by atoms with Crippen LogP contribution in [-0.4, -0.2) is 16.7 Å². The second-order valence-electron chi connectivity index (χ2n) is 4.22. The van der Waals surface area contributed by atoms with Gasteiger partial charge in [0.05, 0.1) is 5.69 Å². The Bertz CT molecular complexity index is 229. The van der Waals surface area contributed by atoms with Gasteiger partial charge in [0.1, 0.15) is 0 Å². The van der Waals surface area contributed by atoms with E-state index in [1.807, 2.05) is 6.07 Å². The summed E-state index contributed by atoms with van der Waals surface area (Å²) >= 11 is 0. The molecule has 1 heterocycles. The van der Waals surface area contributed by atoms with Gasteiger partial charge in [0, 0.05) is 12.2 Å². The zero-order chi connectivity index (χ0) is 10.4. The summed E-state index contributed by atoms with van der Waals surface area (Å²) in [6.07, 6.45) is 4.33. The molecule has 1 unspecified atom stereocenters. The van der Waals surface area contributed by atoms with Gasteiger partial charge < -0.3 is 5.32 Å². The van der Waals surface area contributed by atoms with Crippen molar-refractivity contribution >= 4 is 0 Å². The number of hydrogen-bond donors (Lipinski definition) is 2. The van der Waals surface area contributed by atoms with E-state index in [1.165, 1.54) is 12.8 Å². The molecule has 1 aromatic heterocycles. The topological polar surface area (TPSA) is 40.7 Å².